The molecule has 7 nitrogen and oxygen atoms in total. The molecule has 2 aromatic carbocycles. The van der Waals surface area contributed by atoms with Crippen molar-refractivity contribution in [2.24, 2.45) is 10.7 Å². The van der Waals surface area contributed by atoms with Gasteiger partial charge in [-0.15, -0.1) is 0 Å². The van der Waals surface area contributed by atoms with Crippen molar-refractivity contribution >= 4 is 40.4 Å². The maximum absolute atomic E-state index is 12.6. The van der Waals surface area contributed by atoms with Gasteiger partial charge in [-0.3, -0.25) is 4.79 Å². The molecule has 0 spiro atoms. The minimum absolute atomic E-state index is 0.0841. The molecule has 0 saturated carbocycles. The summed E-state index contributed by atoms with van der Waals surface area (Å²) in [6, 6.07) is 13.8. The van der Waals surface area contributed by atoms with Gasteiger partial charge >= 0.3 is 0 Å². The van der Waals surface area contributed by atoms with Crippen LogP contribution in [0.2, 0.25) is 5.02 Å². The zero-order chi connectivity index (χ0) is 21.1. The molecule has 0 unspecified atom stereocenters. The monoisotopic (exact) mass is 426 g/mol. The fourth-order valence-electron chi connectivity index (χ4n) is 3.86. The van der Waals surface area contributed by atoms with Gasteiger partial charge in [0.1, 0.15) is 12.4 Å². The van der Waals surface area contributed by atoms with Gasteiger partial charge in [0.05, 0.1) is 17.1 Å². The van der Waals surface area contributed by atoms with Crippen LogP contribution in [0, 0.1) is 0 Å². The van der Waals surface area contributed by atoms with Crippen LogP contribution in [-0.4, -0.2) is 74.4 Å². The van der Waals surface area contributed by atoms with Gasteiger partial charge in [-0.05, 0) is 37.4 Å². The molecular weight excluding hydrogens is 400 g/mol. The lowest BCUT2D eigenvalue weighted by atomic mass is 10.1. The molecule has 2 heterocycles. The van der Waals surface area contributed by atoms with E-state index in [4.69, 9.17) is 22.3 Å². The largest absolute Gasteiger partial charge is 0.353 e. The number of hydrogen-bond acceptors (Lipinski definition) is 6. The third-order valence-corrected chi connectivity index (χ3v) is 5.70. The van der Waals surface area contributed by atoms with Gasteiger partial charge in [0.15, 0.2) is 0 Å². The Kier molecular flexibility index (Phi) is 6.22. The van der Waals surface area contributed by atoms with Crippen LogP contribution in [0.1, 0.15) is 5.56 Å². The van der Waals surface area contributed by atoms with Crippen LogP contribution < -0.4 is 16.0 Å². The van der Waals surface area contributed by atoms with E-state index in [-0.39, 0.29) is 12.5 Å². The van der Waals surface area contributed by atoms with Crippen molar-refractivity contribution < 1.29 is 4.79 Å². The second-order valence-electron chi connectivity index (χ2n) is 7.60. The first-order valence-corrected chi connectivity index (χ1v) is 10.6. The molecule has 1 saturated heterocycles. The Morgan fingerprint density at radius 1 is 1.13 bits per heavy atom. The quantitative estimate of drug-likeness (QED) is 0.783. The molecule has 1 amide bonds. The van der Waals surface area contributed by atoms with Crippen molar-refractivity contribution in [1.29, 1.82) is 0 Å². The Labute approximate surface area is 182 Å². The maximum Gasteiger partial charge on any atom is 0.240 e. The fourth-order valence-corrected chi connectivity index (χ4v) is 4.02. The first kappa shape index (κ1) is 20.7. The minimum atomic E-state index is -0.0841. The number of anilines is 2. The van der Waals surface area contributed by atoms with Gasteiger partial charge in [0, 0.05) is 49.9 Å². The van der Waals surface area contributed by atoms with Crippen LogP contribution in [0.25, 0.3) is 0 Å². The third kappa shape index (κ3) is 4.28. The number of nitrogens with two attached hydrogens (primary N) is 1. The van der Waals surface area contributed by atoms with E-state index in [1.165, 1.54) is 0 Å². The predicted octanol–water partition coefficient (Wildman–Crippen LogP) is 2.19. The highest BCUT2D eigenvalue weighted by Crippen LogP contribution is 2.41. The van der Waals surface area contributed by atoms with Gasteiger partial charge in [0.25, 0.3) is 0 Å². The van der Waals surface area contributed by atoms with E-state index in [2.05, 4.69) is 28.2 Å². The van der Waals surface area contributed by atoms with Crippen molar-refractivity contribution in [1.82, 2.24) is 15.1 Å². The topological polar surface area (TPSA) is 77.2 Å². The van der Waals surface area contributed by atoms with E-state index in [1.807, 2.05) is 41.3 Å². The second kappa shape index (κ2) is 9.04. The number of carbonyl (C=O) groups is 1. The molecule has 4 rings (SSSR count). The summed E-state index contributed by atoms with van der Waals surface area (Å²) in [6.45, 7) is 4.80. The Morgan fingerprint density at radius 3 is 2.67 bits per heavy atom. The lowest BCUT2D eigenvalue weighted by Gasteiger charge is -2.35. The van der Waals surface area contributed by atoms with Gasteiger partial charge in [-0.2, -0.15) is 0 Å². The van der Waals surface area contributed by atoms with Crippen molar-refractivity contribution in [2.45, 2.75) is 0 Å². The number of fused-ring (bicyclic) bond motifs is 2. The van der Waals surface area contributed by atoms with Crippen LogP contribution in [-0.2, 0) is 4.79 Å². The van der Waals surface area contributed by atoms with Gasteiger partial charge in [0.2, 0.25) is 5.91 Å². The van der Waals surface area contributed by atoms with E-state index >= 15 is 0 Å². The number of likely N-dealkylation sites (N-methyl/N-ethyl adjacent to an activating group) is 1. The molecule has 2 aliphatic heterocycles. The Bertz CT molecular complexity index is 954. The van der Waals surface area contributed by atoms with E-state index in [1.54, 1.807) is 0 Å². The fraction of sp³-hybridized carbons (Fsp3) is 0.364. The molecule has 30 heavy (non-hydrogen) atoms. The van der Waals surface area contributed by atoms with Crippen LogP contribution in [0.4, 0.5) is 17.1 Å². The summed E-state index contributed by atoms with van der Waals surface area (Å²) in [5.74, 6) is 0.839. The number of halogens is 1. The number of para-hydroxylation sites is 1. The number of carbonyl (C=O) groups excluding carboxylic acids is 1. The molecule has 158 valence electrons. The van der Waals surface area contributed by atoms with Crippen molar-refractivity contribution in [2.75, 3.05) is 57.8 Å². The minimum Gasteiger partial charge on any atom is -0.353 e. The Balaban J connectivity index is 1.80. The summed E-state index contributed by atoms with van der Waals surface area (Å²) in [6.07, 6.45) is 0. The van der Waals surface area contributed by atoms with Crippen molar-refractivity contribution in [3.05, 3.63) is 53.1 Å². The second-order valence-corrected chi connectivity index (χ2v) is 8.04. The highest BCUT2D eigenvalue weighted by atomic mass is 35.5. The molecule has 1 fully saturated rings. The summed E-state index contributed by atoms with van der Waals surface area (Å²) in [5, 5.41) is 3.49. The summed E-state index contributed by atoms with van der Waals surface area (Å²) in [4.78, 5) is 24.3. The zero-order valence-electron chi connectivity index (χ0n) is 17.1. The molecule has 0 aromatic heterocycles. The van der Waals surface area contributed by atoms with E-state index in [0.29, 0.717) is 18.1 Å². The average Bonchev–Trinajstić information content (AvgIpc) is 2.88. The lowest BCUT2D eigenvalue weighted by Crippen LogP contribution is -2.47. The van der Waals surface area contributed by atoms with Gasteiger partial charge < -0.3 is 25.8 Å². The predicted molar refractivity (Wildman–Crippen MR) is 122 cm³/mol. The van der Waals surface area contributed by atoms with Crippen LogP contribution in [0.3, 0.4) is 0 Å². The first-order valence-electron chi connectivity index (χ1n) is 10.2. The van der Waals surface area contributed by atoms with E-state index in [9.17, 15) is 4.79 Å². The first-order chi connectivity index (χ1) is 14.6. The number of amides is 1. The highest BCUT2D eigenvalue weighted by molar-refractivity contribution is 6.31. The molecule has 0 bridgehead atoms. The normalized spacial score (nSPS) is 16.4. The van der Waals surface area contributed by atoms with Crippen molar-refractivity contribution in [3.8, 4) is 0 Å². The Morgan fingerprint density at radius 2 is 1.90 bits per heavy atom. The van der Waals surface area contributed by atoms with E-state index < -0.39 is 0 Å². The summed E-state index contributed by atoms with van der Waals surface area (Å²) >= 11 is 6.31. The molecule has 8 heteroatoms. The third-order valence-electron chi connectivity index (χ3n) is 5.46. The van der Waals surface area contributed by atoms with Gasteiger partial charge in [-0.1, -0.05) is 23.7 Å². The van der Waals surface area contributed by atoms with Crippen LogP contribution >= 0.6 is 11.6 Å². The smallest absolute Gasteiger partial charge is 0.240 e. The molecule has 2 aliphatic rings. The molecule has 0 aliphatic carbocycles. The molecule has 0 atom stereocenters. The number of benzene rings is 2. The SMILES string of the molecule is CN1CCN(C2=Nc3cc(Cl)ccc3N(CC(=O)NCCN)c3ccccc32)CC1. The number of hydrogen-bond donors (Lipinski definition) is 2. The van der Waals surface area contributed by atoms with E-state index in [0.717, 1.165) is 54.6 Å². The maximum atomic E-state index is 12.6. The summed E-state index contributed by atoms with van der Waals surface area (Å²) in [7, 11) is 2.14. The number of nitrogens with one attached hydrogen (secondary N) is 1. The highest BCUT2D eigenvalue weighted by Gasteiger charge is 2.28. The zero-order valence-corrected chi connectivity index (χ0v) is 17.9. The van der Waals surface area contributed by atoms with Crippen molar-refractivity contribution in [3.63, 3.8) is 0 Å². The molecule has 3 N–H and O–H groups in total. The number of rotatable bonds is 4. The summed E-state index contributed by atoms with van der Waals surface area (Å²) < 4.78 is 0. The molecular formula is C22H27ClN6O. The molecule has 2 aromatic rings. The van der Waals surface area contributed by atoms with Crippen LogP contribution in [0.15, 0.2) is 47.5 Å². The average molecular weight is 427 g/mol. The van der Waals surface area contributed by atoms with Gasteiger partial charge in [-0.25, -0.2) is 4.99 Å². The number of piperazine rings is 1. The number of nitrogens with zero attached hydrogens (tertiary/aromatic N) is 4. The number of amidine groups is 1. The Hall–Kier alpha value is -2.61. The standard InChI is InChI=1S/C22H27ClN6O/c1-27-10-12-28(13-11-27)22-17-4-2-3-5-19(17)29(15-21(30)25-9-8-24)20-7-6-16(23)14-18(20)26-22/h2-7,14H,8-13,15,24H2,1H3,(H,25,30). The summed E-state index contributed by atoms with van der Waals surface area (Å²) in [5.41, 5.74) is 9.14. The molecule has 0 radical (unpaired) electrons. The lowest BCUT2D eigenvalue weighted by molar-refractivity contribution is -0.119. The van der Waals surface area contributed by atoms with Crippen LogP contribution in [0.5, 0.6) is 0 Å². The number of aliphatic imine (C=N–C) groups is 1.